The zero-order valence-corrected chi connectivity index (χ0v) is 16.9. The van der Waals surface area contributed by atoms with Gasteiger partial charge in [0.2, 0.25) is 0 Å². The molecule has 0 N–H and O–H groups in total. The highest BCUT2D eigenvalue weighted by Gasteiger charge is 2.26. The van der Waals surface area contributed by atoms with Gasteiger partial charge in [0.1, 0.15) is 5.82 Å². The number of anilines is 1. The summed E-state index contributed by atoms with van der Waals surface area (Å²) in [5.41, 5.74) is 3.23. The number of rotatable bonds is 5. The molecule has 26 heavy (non-hydrogen) atoms. The predicted octanol–water partition coefficient (Wildman–Crippen LogP) is 2.83. The standard InChI is InChI=1S/C21H34N4O/c1-16(2)7-12-24-13-8-17-15-18(21(26)25-10-5-6-11-25)20(23(3)4)22-19(17)9-14-24/h15-16H,5-14H2,1-4H3. The van der Waals surface area contributed by atoms with Gasteiger partial charge < -0.3 is 14.7 Å². The van der Waals surface area contributed by atoms with Crippen molar-refractivity contribution in [3.05, 3.63) is 22.9 Å². The minimum absolute atomic E-state index is 0.155. The van der Waals surface area contributed by atoms with Gasteiger partial charge in [0.15, 0.2) is 0 Å². The molecule has 2 aliphatic rings. The predicted molar refractivity (Wildman–Crippen MR) is 107 cm³/mol. The molecule has 144 valence electrons. The molecule has 0 atom stereocenters. The molecule has 1 fully saturated rings. The van der Waals surface area contributed by atoms with Crippen LogP contribution in [-0.4, -0.2) is 67.5 Å². The molecule has 0 radical (unpaired) electrons. The largest absolute Gasteiger partial charge is 0.362 e. The fourth-order valence-electron chi connectivity index (χ4n) is 3.92. The van der Waals surface area contributed by atoms with E-state index < -0.39 is 0 Å². The number of aromatic nitrogens is 1. The highest BCUT2D eigenvalue weighted by molar-refractivity contribution is 5.99. The van der Waals surface area contributed by atoms with Crippen LogP contribution in [0.4, 0.5) is 5.82 Å². The molecule has 2 aliphatic heterocycles. The fraction of sp³-hybridized carbons (Fsp3) is 0.714. The summed E-state index contributed by atoms with van der Waals surface area (Å²) in [6.07, 6.45) is 5.45. The molecule has 3 heterocycles. The summed E-state index contributed by atoms with van der Waals surface area (Å²) in [5, 5.41) is 0. The molecule has 0 aromatic carbocycles. The Morgan fingerprint density at radius 3 is 2.50 bits per heavy atom. The third-order valence-electron chi connectivity index (χ3n) is 5.60. The van der Waals surface area contributed by atoms with Gasteiger partial charge in [-0.1, -0.05) is 13.8 Å². The normalized spacial score (nSPS) is 18.1. The molecule has 5 nitrogen and oxygen atoms in total. The lowest BCUT2D eigenvalue weighted by atomic mass is 10.0. The quantitative estimate of drug-likeness (QED) is 0.811. The first-order valence-corrected chi connectivity index (χ1v) is 10.2. The minimum atomic E-state index is 0.155. The number of carbonyl (C=O) groups excluding carboxylic acids is 1. The number of hydrogen-bond acceptors (Lipinski definition) is 4. The van der Waals surface area contributed by atoms with Gasteiger partial charge >= 0.3 is 0 Å². The molecule has 3 rings (SSSR count). The zero-order chi connectivity index (χ0) is 18.7. The van der Waals surface area contributed by atoms with E-state index in [4.69, 9.17) is 4.98 Å². The van der Waals surface area contributed by atoms with Crippen molar-refractivity contribution in [2.45, 2.75) is 46.0 Å². The van der Waals surface area contributed by atoms with Crippen molar-refractivity contribution in [2.75, 3.05) is 51.7 Å². The van der Waals surface area contributed by atoms with Gasteiger partial charge in [0, 0.05) is 52.4 Å². The van der Waals surface area contributed by atoms with Crippen molar-refractivity contribution in [3.63, 3.8) is 0 Å². The summed E-state index contributed by atoms with van der Waals surface area (Å²) in [5.74, 6) is 1.72. The number of hydrogen-bond donors (Lipinski definition) is 0. The summed E-state index contributed by atoms with van der Waals surface area (Å²) >= 11 is 0. The molecule has 1 amide bonds. The Hall–Kier alpha value is -1.62. The maximum absolute atomic E-state index is 13.0. The van der Waals surface area contributed by atoms with E-state index in [0.29, 0.717) is 0 Å². The number of fused-ring (bicyclic) bond motifs is 1. The van der Waals surface area contributed by atoms with Crippen molar-refractivity contribution in [1.29, 1.82) is 0 Å². The van der Waals surface area contributed by atoms with E-state index in [1.807, 2.05) is 23.9 Å². The minimum Gasteiger partial charge on any atom is -0.362 e. The van der Waals surface area contributed by atoms with Crippen LogP contribution >= 0.6 is 0 Å². The molecule has 0 unspecified atom stereocenters. The molecule has 5 heteroatoms. The Balaban J connectivity index is 1.82. The van der Waals surface area contributed by atoms with Crippen LogP contribution in [0, 0.1) is 5.92 Å². The second-order valence-electron chi connectivity index (χ2n) is 8.38. The Labute approximate surface area is 158 Å². The fourth-order valence-corrected chi connectivity index (χ4v) is 3.92. The number of amides is 1. The smallest absolute Gasteiger partial charge is 0.257 e. The van der Waals surface area contributed by atoms with Gasteiger partial charge in [0.25, 0.3) is 5.91 Å². The van der Waals surface area contributed by atoms with Gasteiger partial charge in [-0.2, -0.15) is 0 Å². The van der Waals surface area contributed by atoms with Crippen LogP contribution in [0.3, 0.4) is 0 Å². The second-order valence-corrected chi connectivity index (χ2v) is 8.38. The Morgan fingerprint density at radius 1 is 1.15 bits per heavy atom. The monoisotopic (exact) mass is 358 g/mol. The first kappa shape index (κ1) is 19.2. The molecule has 0 spiro atoms. The number of pyridine rings is 1. The molecule has 1 aromatic rings. The Bertz CT molecular complexity index is 635. The molecule has 1 aromatic heterocycles. The lowest BCUT2D eigenvalue weighted by Crippen LogP contribution is -2.30. The topological polar surface area (TPSA) is 39.7 Å². The van der Waals surface area contributed by atoms with Crippen LogP contribution in [0.2, 0.25) is 0 Å². The third kappa shape index (κ3) is 4.37. The van der Waals surface area contributed by atoms with Crippen LogP contribution in [0.25, 0.3) is 0 Å². The average molecular weight is 359 g/mol. The first-order valence-electron chi connectivity index (χ1n) is 10.2. The van der Waals surface area contributed by atoms with Crippen LogP contribution in [-0.2, 0) is 12.8 Å². The van der Waals surface area contributed by atoms with E-state index in [2.05, 4.69) is 24.8 Å². The van der Waals surface area contributed by atoms with E-state index in [1.165, 1.54) is 17.7 Å². The summed E-state index contributed by atoms with van der Waals surface area (Å²) < 4.78 is 0. The summed E-state index contributed by atoms with van der Waals surface area (Å²) in [6.45, 7) is 9.63. The van der Waals surface area contributed by atoms with E-state index >= 15 is 0 Å². The van der Waals surface area contributed by atoms with Crippen LogP contribution in [0.1, 0.15) is 54.7 Å². The first-order chi connectivity index (χ1) is 12.5. The van der Waals surface area contributed by atoms with Crippen LogP contribution < -0.4 is 4.90 Å². The number of carbonyl (C=O) groups is 1. The van der Waals surface area contributed by atoms with Gasteiger partial charge in [0.05, 0.1) is 5.56 Å². The Morgan fingerprint density at radius 2 is 1.85 bits per heavy atom. The van der Waals surface area contributed by atoms with E-state index in [-0.39, 0.29) is 5.91 Å². The third-order valence-corrected chi connectivity index (χ3v) is 5.60. The maximum atomic E-state index is 13.0. The molecule has 1 saturated heterocycles. The summed E-state index contributed by atoms with van der Waals surface area (Å²) in [6, 6.07) is 2.14. The van der Waals surface area contributed by atoms with Gasteiger partial charge in [-0.15, -0.1) is 0 Å². The molecular weight excluding hydrogens is 324 g/mol. The molecular formula is C21H34N4O. The van der Waals surface area contributed by atoms with Crippen LogP contribution in [0.15, 0.2) is 6.07 Å². The Kier molecular flexibility index (Phi) is 6.17. The van der Waals surface area contributed by atoms with E-state index in [0.717, 1.165) is 75.7 Å². The summed E-state index contributed by atoms with van der Waals surface area (Å²) in [4.78, 5) is 24.5. The van der Waals surface area contributed by atoms with Crippen molar-refractivity contribution < 1.29 is 4.79 Å². The second kappa shape index (κ2) is 8.38. The molecule has 0 saturated carbocycles. The highest BCUT2D eigenvalue weighted by atomic mass is 16.2. The van der Waals surface area contributed by atoms with Crippen molar-refractivity contribution in [3.8, 4) is 0 Å². The van der Waals surface area contributed by atoms with Crippen molar-refractivity contribution in [2.24, 2.45) is 5.92 Å². The molecule has 0 aliphatic carbocycles. The lowest BCUT2D eigenvalue weighted by molar-refractivity contribution is 0.0793. The van der Waals surface area contributed by atoms with Gasteiger partial charge in [-0.25, -0.2) is 4.98 Å². The zero-order valence-electron chi connectivity index (χ0n) is 16.9. The SMILES string of the molecule is CC(C)CCN1CCc2cc(C(=O)N3CCCC3)c(N(C)C)nc2CC1. The lowest BCUT2D eigenvalue weighted by Gasteiger charge is -2.22. The molecule has 0 bridgehead atoms. The van der Waals surface area contributed by atoms with Crippen molar-refractivity contribution in [1.82, 2.24) is 14.8 Å². The van der Waals surface area contributed by atoms with E-state index in [1.54, 1.807) is 0 Å². The number of likely N-dealkylation sites (tertiary alicyclic amines) is 1. The highest BCUT2D eigenvalue weighted by Crippen LogP contribution is 2.26. The van der Waals surface area contributed by atoms with E-state index in [9.17, 15) is 4.79 Å². The average Bonchev–Trinajstić information content (AvgIpc) is 3.07. The van der Waals surface area contributed by atoms with Gasteiger partial charge in [-0.3, -0.25) is 4.79 Å². The maximum Gasteiger partial charge on any atom is 0.257 e. The number of nitrogens with zero attached hydrogens (tertiary/aromatic N) is 4. The summed E-state index contributed by atoms with van der Waals surface area (Å²) in [7, 11) is 3.97. The van der Waals surface area contributed by atoms with Crippen LogP contribution in [0.5, 0.6) is 0 Å². The van der Waals surface area contributed by atoms with Crippen molar-refractivity contribution >= 4 is 11.7 Å². The van der Waals surface area contributed by atoms with Gasteiger partial charge in [-0.05, 0) is 49.8 Å².